The lowest BCUT2D eigenvalue weighted by Gasteiger charge is -2.26. The number of likely N-dealkylation sites (tertiary alicyclic amines) is 1. The fourth-order valence-corrected chi connectivity index (χ4v) is 4.60. The number of hydrogen-bond acceptors (Lipinski definition) is 4. The molecule has 1 saturated heterocycles. The van der Waals surface area contributed by atoms with Crippen molar-refractivity contribution in [1.29, 1.82) is 0 Å². The summed E-state index contributed by atoms with van der Waals surface area (Å²) in [7, 11) is 0. The zero-order valence-corrected chi connectivity index (χ0v) is 20.8. The summed E-state index contributed by atoms with van der Waals surface area (Å²) in [6, 6.07) is 26.3. The van der Waals surface area contributed by atoms with E-state index in [4.69, 9.17) is 0 Å². The molecule has 0 bridgehead atoms. The summed E-state index contributed by atoms with van der Waals surface area (Å²) in [6.07, 6.45) is 1.71. The number of aliphatic hydroxyl groups excluding tert-OH is 1. The number of rotatable bonds is 10. The van der Waals surface area contributed by atoms with Crippen LogP contribution >= 0.6 is 0 Å². The number of aliphatic hydroxyl groups is 1. The lowest BCUT2D eigenvalue weighted by molar-refractivity contribution is 0.0792. The summed E-state index contributed by atoms with van der Waals surface area (Å²) in [6.45, 7) is 3.89. The maximum Gasteiger partial charge on any atom is 0.253 e. The van der Waals surface area contributed by atoms with Gasteiger partial charge in [0.25, 0.3) is 11.8 Å². The molecule has 0 aromatic heterocycles. The first-order valence-corrected chi connectivity index (χ1v) is 12.7. The van der Waals surface area contributed by atoms with Gasteiger partial charge < -0.3 is 20.6 Å². The van der Waals surface area contributed by atoms with Gasteiger partial charge in [0, 0.05) is 36.8 Å². The van der Waals surface area contributed by atoms with Crippen molar-refractivity contribution < 1.29 is 14.7 Å². The van der Waals surface area contributed by atoms with E-state index in [2.05, 4.69) is 17.6 Å². The number of nitrogens with zero attached hydrogens (tertiary/aromatic N) is 1. The maximum atomic E-state index is 13.2. The Bertz CT molecular complexity index is 1130. The highest BCUT2D eigenvalue weighted by atomic mass is 16.3. The van der Waals surface area contributed by atoms with Gasteiger partial charge in [-0.1, -0.05) is 66.7 Å². The van der Waals surface area contributed by atoms with Crippen molar-refractivity contribution in [2.45, 2.75) is 44.4 Å². The molecule has 1 fully saturated rings. The van der Waals surface area contributed by atoms with Gasteiger partial charge in [-0.3, -0.25) is 9.59 Å². The molecule has 4 rings (SSSR count). The predicted octanol–water partition coefficient (Wildman–Crippen LogP) is 3.98. The highest BCUT2D eigenvalue weighted by Gasteiger charge is 2.24. The molecule has 0 saturated carbocycles. The lowest BCUT2D eigenvalue weighted by Crippen LogP contribution is -2.49. The van der Waals surface area contributed by atoms with Gasteiger partial charge >= 0.3 is 0 Å². The Morgan fingerprint density at radius 2 is 1.53 bits per heavy atom. The Labute approximate surface area is 213 Å². The molecule has 1 aliphatic rings. The number of carbonyl (C=O) groups is 2. The molecule has 1 aliphatic heterocycles. The third-order valence-corrected chi connectivity index (χ3v) is 6.78. The third kappa shape index (κ3) is 6.80. The zero-order valence-electron chi connectivity index (χ0n) is 20.8. The SMILES string of the molecule is C[C@@H](NC[C@@H](O)[C@H](Cc1ccccc1)NC(=O)c1cccc(C(=O)N2CCCC2)c1)c1ccccc1. The van der Waals surface area contributed by atoms with E-state index in [1.165, 1.54) is 0 Å². The topological polar surface area (TPSA) is 81.7 Å². The monoisotopic (exact) mass is 485 g/mol. The van der Waals surface area contributed by atoms with Crippen molar-refractivity contribution in [2.24, 2.45) is 0 Å². The fourth-order valence-electron chi connectivity index (χ4n) is 4.60. The average molecular weight is 486 g/mol. The first kappa shape index (κ1) is 25.6. The van der Waals surface area contributed by atoms with Crippen LogP contribution in [0.5, 0.6) is 0 Å². The number of carbonyl (C=O) groups excluding carboxylic acids is 2. The van der Waals surface area contributed by atoms with Crippen LogP contribution in [0.25, 0.3) is 0 Å². The maximum absolute atomic E-state index is 13.2. The summed E-state index contributed by atoms with van der Waals surface area (Å²) in [5.41, 5.74) is 3.09. The van der Waals surface area contributed by atoms with Crippen LogP contribution in [-0.4, -0.2) is 53.6 Å². The number of nitrogens with one attached hydrogen (secondary N) is 2. The third-order valence-electron chi connectivity index (χ3n) is 6.78. The summed E-state index contributed by atoms with van der Waals surface area (Å²) in [4.78, 5) is 27.9. The van der Waals surface area contributed by atoms with Gasteiger partial charge in [-0.15, -0.1) is 0 Å². The fraction of sp³-hybridized carbons (Fsp3) is 0.333. The van der Waals surface area contributed by atoms with E-state index in [0.717, 1.165) is 37.1 Å². The van der Waals surface area contributed by atoms with Crippen molar-refractivity contribution in [3.63, 3.8) is 0 Å². The van der Waals surface area contributed by atoms with Crippen LogP contribution in [0.3, 0.4) is 0 Å². The Kier molecular flexibility index (Phi) is 8.87. The quantitative estimate of drug-likeness (QED) is 0.406. The molecule has 2 amide bonds. The molecule has 188 valence electrons. The van der Waals surface area contributed by atoms with Crippen molar-refractivity contribution in [1.82, 2.24) is 15.5 Å². The Hall–Kier alpha value is -3.48. The Morgan fingerprint density at radius 1 is 0.889 bits per heavy atom. The van der Waals surface area contributed by atoms with E-state index >= 15 is 0 Å². The molecule has 3 aromatic rings. The van der Waals surface area contributed by atoms with Gasteiger partial charge in [0.15, 0.2) is 0 Å². The van der Waals surface area contributed by atoms with Crippen LogP contribution in [-0.2, 0) is 6.42 Å². The van der Waals surface area contributed by atoms with Gasteiger partial charge in [-0.05, 0) is 55.5 Å². The molecule has 0 radical (unpaired) electrons. The molecular formula is C30H35N3O3. The zero-order chi connectivity index (χ0) is 25.3. The molecule has 1 heterocycles. The smallest absolute Gasteiger partial charge is 0.253 e. The molecule has 3 aromatic carbocycles. The second-order valence-electron chi connectivity index (χ2n) is 9.46. The van der Waals surface area contributed by atoms with Gasteiger partial charge in [-0.2, -0.15) is 0 Å². The summed E-state index contributed by atoms with van der Waals surface area (Å²) < 4.78 is 0. The van der Waals surface area contributed by atoms with Crippen LogP contribution in [0.1, 0.15) is 57.7 Å². The molecule has 36 heavy (non-hydrogen) atoms. The lowest BCUT2D eigenvalue weighted by atomic mass is 9.99. The number of amides is 2. The standard InChI is InChI=1S/C30H35N3O3/c1-22(24-13-6-3-7-14-24)31-21-28(34)27(19-23-11-4-2-5-12-23)32-29(35)25-15-10-16-26(20-25)30(36)33-17-8-9-18-33/h2-7,10-16,20,22,27-28,31,34H,8-9,17-19,21H2,1H3,(H,32,35)/t22-,27+,28-/m1/s1. The van der Waals surface area contributed by atoms with E-state index in [9.17, 15) is 14.7 Å². The molecule has 3 N–H and O–H groups in total. The highest BCUT2D eigenvalue weighted by molar-refractivity contribution is 5.99. The Morgan fingerprint density at radius 3 is 2.22 bits per heavy atom. The van der Waals surface area contributed by atoms with Crippen LogP contribution in [0.15, 0.2) is 84.9 Å². The van der Waals surface area contributed by atoms with Crippen molar-refractivity contribution in [2.75, 3.05) is 19.6 Å². The Balaban J connectivity index is 1.45. The summed E-state index contributed by atoms with van der Waals surface area (Å²) >= 11 is 0. The van der Waals surface area contributed by atoms with E-state index in [0.29, 0.717) is 24.1 Å². The average Bonchev–Trinajstić information content (AvgIpc) is 3.47. The van der Waals surface area contributed by atoms with E-state index < -0.39 is 12.1 Å². The highest BCUT2D eigenvalue weighted by Crippen LogP contribution is 2.16. The number of benzene rings is 3. The van der Waals surface area contributed by atoms with Crippen LogP contribution in [0, 0.1) is 0 Å². The summed E-state index contributed by atoms with van der Waals surface area (Å²) in [5, 5.41) is 17.5. The first-order valence-electron chi connectivity index (χ1n) is 12.7. The minimum atomic E-state index is -0.810. The molecule has 0 aliphatic carbocycles. The van der Waals surface area contributed by atoms with E-state index in [1.807, 2.05) is 65.6 Å². The van der Waals surface area contributed by atoms with E-state index in [1.54, 1.807) is 24.3 Å². The molecule has 3 atom stereocenters. The van der Waals surface area contributed by atoms with E-state index in [-0.39, 0.29) is 17.9 Å². The van der Waals surface area contributed by atoms with Gasteiger partial charge in [-0.25, -0.2) is 0 Å². The molecule has 6 heteroatoms. The predicted molar refractivity (Wildman–Crippen MR) is 142 cm³/mol. The first-order chi connectivity index (χ1) is 17.5. The second-order valence-corrected chi connectivity index (χ2v) is 9.46. The molecule has 0 unspecified atom stereocenters. The number of hydrogen-bond donors (Lipinski definition) is 3. The van der Waals surface area contributed by atoms with Crippen LogP contribution < -0.4 is 10.6 Å². The van der Waals surface area contributed by atoms with Crippen LogP contribution in [0.2, 0.25) is 0 Å². The molecular weight excluding hydrogens is 450 g/mol. The van der Waals surface area contributed by atoms with Crippen molar-refractivity contribution >= 4 is 11.8 Å². The second kappa shape index (κ2) is 12.5. The minimum Gasteiger partial charge on any atom is -0.390 e. The van der Waals surface area contributed by atoms with Gasteiger partial charge in [0.05, 0.1) is 12.1 Å². The van der Waals surface area contributed by atoms with Crippen molar-refractivity contribution in [3.8, 4) is 0 Å². The molecule has 0 spiro atoms. The van der Waals surface area contributed by atoms with Crippen molar-refractivity contribution in [3.05, 3.63) is 107 Å². The largest absolute Gasteiger partial charge is 0.390 e. The van der Waals surface area contributed by atoms with Crippen LogP contribution in [0.4, 0.5) is 0 Å². The normalized spacial score (nSPS) is 15.8. The van der Waals surface area contributed by atoms with Gasteiger partial charge in [0.1, 0.15) is 0 Å². The van der Waals surface area contributed by atoms with Gasteiger partial charge in [0.2, 0.25) is 0 Å². The molecule has 6 nitrogen and oxygen atoms in total. The minimum absolute atomic E-state index is 0.0397. The summed E-state index contributed by atoms with van der Waals surface area (Å²) in [5.74, 6) is -0.343.